The van der Waals surface area contributed by atoms with Gasteiger partial charge in [-0.1, -0.05) is 37.5 Å². The Bertz CT molecular complexity index is 438. The lowest BCUT2D eigenvalue weighted by molar-refractivity contribution is -0.625. The normalized spacial score (nSPS) is 18.8. The molecule has 0 saturated heterocycles. The van der Waals surface area contributed by atoms with Crippen LogP contribution < -0.4 is 0 Å². The van der Waals surface area contributed by atoms with Crippen molar-refractivity contribution < 1.29 is 14.6 Å². The summed E-state index contributed by atoms with van der Waals surface area (Å²) in [5.41, 5.74) is -0.0865. The second kappa shape index (κ2) is 6.46. The number of hydrogen-bond acceptors (Lipinski definition) is 3. The standard InChI is InChI=1S/C16H24NO3/c1-16(2,13-9-5-3-6-10-13)20-15(18)17(19)14-11-7-4-8-12-14/h4,7-8,11-13,15,18H,3,5-6,9-10H2,1-2H3/q+1. The summed E-state index contributed by atoms with van der Waals surface area (Å²) in [5, 5.41) is 10.0. The van der Waals surface area contributed by atoms with Gasteiger partial charge in [0.1, 0.15) is 0 Å². The second-order valence-corrected chi connectivity index (χ2v) is 6.04. The summed E-state index contributed by atoms with van der Waals surface area (Å²) in [6.07, 6.45) is 4.41. The molecule has 1 aromatic carbocycles. The van der Waals surface area contributed by atoms with Crippen LogP contribution in [0.2, 0.25) is 0 Å². The van der Waals surface area contributed by atoms with Crippen molar-refractivity contribution in [2.24, 2.45) is 5.92 Å². The van der Waals surface area contributed by atoms with Gasteiger partial charge < -0.3 is 5.11 Å². The predicted molar refractivity (Wildman–Crippen MR) is 77.5 cm³/mol. The van der Waals surface area contributed by atoms with Crippen molar-refractivity contribution >= 4 is 5.69 Å². The van der Waals surface area contributed by atoms with Gasteiger partial charge in [-0.2, -0.15) is 0 Å². The molecule has 110 valence electrons. The Morgan fingerprint density at radius 1 is 1.20 bits per heavy atom. The lowest BCUT2D eigenvalue weighted by Gasteiger charge is -2.36. The van der Waals surface area contributed by atoms with Crippen LogP contribution in [0.3, 0.4) is 0 Å². The minimum absolute atomic E-state index is 0.398. The van der Waals surface area contributed by atoms with E-state index in [1.807, 2.05) is 19.9 Å². The van der Waals surface area contributed by atoms with Gasteiger partial charge in [-0.15, -0.1) is 0 Å². The summed E-state index contributed by atoms with van der Waals surface area (Å²) < 4.78 is 6.18. The molecule has 0 heterocycles. The number of aliphatic hydroxyl groups is 1. The SMILES string of the molecule is CC(C)(OC(O)[N+](=O)c1ccccc1)C1CCCCC1. The molecular weight excluding hydrogens is 254 g/mol. The first kappa shape index (κ1) is 15.1. The van der Waals surface area contributed by atoms with Gasteiger partial charge in [0.05, 0.1) is 10.4 Å². The summed E-state index contributed by atoms with van der Waals surface area (Å²) in [6, 6.07) is 8.68. The van der Waals surface area contributed by atoms with E-state index in [1.165, 1.54) is 19.3 Å². The van der Waals surface area contributed by atoms with Crippen molar-refractivity contribution in [1.29, 1.82) is 0 Å². The summed E-state index contributed by atoms with van der Waals surface area (Å²) in [5.74, 6) is 0.398. The molecule has 1 aliphatic rings. The van der Waals surface area contributed by atoms with Gasteiger partial charge in [0.25, 0.3) is 5.69 Å². The Balaban J connectivity index is 1.99. The van der Waals surface area contributed by atoms with Crippen LogP contribution in [0, 0.1) is 10.8 Å². The average Bonchev–Trinajstić information content (AvgIpc) is 2.48. The molecule has 1 fully saturated rings. The lowest BCUT2D eigenvalue weighted by atomic mass is 9.79. The highest BCUT2D eigenvalue weighted by atomic mass is 16.7. The Hall–Kier alpha value is -1.26. The zero-order valence-electron chi connectivity index (χ0n) is 12.3. The third kappa shape index (κ3) is 3.64. The van der Waals surface area contributed by atoms with Gasteiger partial charge in [-0.3, -0.25) is 4.74 Å². The minimum atomic E-state index is -1.46. The number of ether oxygens (including phenoxy) is 1. The molecule has 20 heavy (non-hydrogen) atoms. The van der Waals surface area contributed by atoms with Gasteiger partial charge in [0, 0.05) is 17.0 Å². The fourth-order valence-corrected chi connectivity index (χ4v) is 2.92. The number of nitroso groups, excluding NO2 is 1. The third-order valence-corrected chi connectivity index (χ3v) is 4.21. The molecule has 2 rings (SSSR count). The van der Waals surface area contributed by atoms with Crippen LogP contribution in [0.1, 0.15) is 46.0 Å². The molecule has 0 radical (unpaired) electrons. The highest BCUT2D eigenvalue weighted by Gasteiger charge is 2.38. The molecule has 1 atom stereocenters. The molecular formula is C16H24NO3+. The second-order valence-electron chi connectivity index (χ2n) is 6.04. The molecule has 0 aromatic heterocycles. The van der Waals surface area contributed by atoms with Crippen molar-refractivity contribution in [3.8, 4) is 0 Å². The molecule has 1 aromatic rings. The van der Waals surface area contributed by atoms with Crippen molar-refractivity contribution in [2.75, 3.05) is 0 Å². The molecule has 1 unspecified atom stereocenters. The first-order valence-electron chi connectivity index (χ1n) is 7.38. The Morgan fingerprint density at radius 2 is 1.80 bits per heavy atom. The maximum Gasteiger partial charge on any atom is 0.426 e. The zero-order valence-corrected chi connectivity index (χ0v) is 12.3. The van der Waals surface area contributed by atoms with E-state index >= 15 is 0 Å². The van der Waals surface area contributed by atoms with Crippen molar-refractivity contribution in [3.05, 3.63) is 35.2 Å². The van der Waals surface area contributed by atoms with Crippen LogP contribution >= 0.6 is 0 Å². The topological polar surface area (TPSA) is 49.5 Å². The molecule has 1 N–H and O–H groups in total. The first-order valence-corrected chi connectivity index (χ1v) is 7.38. The average molecular weight is 278 g/mol. The number of hydrogen-bond donors (Lipinski definition) is 1. The van der Waals surface area contributed by atoms with Crippen molar-refractivity contribution in [3.63, 3.8) is 0 Å². The van der Waals surface area contributed by atoms with E-state index in [0.29, 0.717) is 16.4 Å². The number of nitrogens with zero attached hydrogens (tertiary/aromatic N) is 1. The van der Waals surface area contributed by atoms with E-state index in [0.717, 1.165) is 12.8 Å². The summed E-state index contributed by atoms with van der Waals surface area (Å²) in [4.78, 5) is 12.0. The van der Waals surface area contributed by atoms with E-state index in [1.54, 1.807) is 24.3 Å². The van der Waals surface area contributed by atoms with Gasteiger partial charge >= 0.3 is 6.41 Å². The van der Waals surface area contributed by atoms with Crippen LogP contribution in [-0.2, 0) is 4.74 Å². The van der Waals surface area contributed by atoms with E-state index in [2.05, 4.69) is 0 Å². The number of rotatable bonds is 5. The quantitative estimate of drug-likeness (QED) is 0.659. The number of benzene rings is 1. The van der Waals surface area contributed by atoms with Crippen LogP contribution in [-0.4, -0.2) is 21.9 Å². The molecule has 0 aliphatic heterocycles. The summed E-state index contributed by atoms with van der Waals surface area (Å²) >= 11 is 0. The zero-order chi connectivity index (χ0) is 14.6. The van der Waals surface area contributed by atoms with Crippen molar-refractivity contribution in [2.45, 2.75) is 58.0 Å². The molecule has 0 spiro atoms. The van der Waals surface area contributed by atoms with Gasteiger partial charge in [-0.05, 0) is 32.6 Å². The van der Waals surface area contributed by atoms with Crippen molar-refractivity contribution in [1.82, 2.24) is 0 Å². The van der Waals surface area contributed by atoms with E-state index in [-0.39, 0.29) is 0 Å². The fraction of sp³-hybridized carbons (Fsp3) is 0.625. The van der Waals surface area contributed by atoms with Gasteiger partial charge in [-0.25, -0.2) is 0 Å². The highest BCUT2D eigenvalue weighted by molar-refractivity contribution is 5.27. The molecule has 4 heteroatoms. The molecule has 0 bridgehead atoms. The maximum absolute atomic E-state index is 12.0. The van der Waals surface area contributed by atoms with E-state index in [4.69, 9.17) is 4.74 Å². The molecule has 0 amide bonds. The summed E-state index contributed by atoms with van der Waals surface area (Å²) in [7, 11) is 0. The van der Waals surface area contributed by atoms with Crippen LogP contribution in [0.15, 0.2) is 30.3 Å². The largest absolute Gasteiger partial charge is 0.426 e. The smallest absolute Gasteiger partial charge is 0.309 e. The predicted octanol–water partition coefficient (Wildman–Crippen LogP) is 3.75. The van der Waals surface area contributed by atoms with Crippen LogP contribution in [0.5, 0.6) is 0 Å². The van der Waals surface area contributed by atoms with E-state index < -0.39 is 12.0 Å². The Morgan fingerprint density at radius 3 is 2.40 bits per heavy atom. The van der Waals surface area contributed by atoms with Crippen LogP contribution in [0.25, 0.3) is 0 Å². The highest BCUT2D eigenvalue weighted by Crippen LogP contribution is 2.35. The third-order valence-electron chi connectivity index (χ3n) is 4.21. The number of aliphatic hydroxyl groups excluding tert-OH is 1. The number of para-hydroxylation sites is 1. The minimum Gasteiger partial charge on any atom is -0.309 e. The maximum atomic E-state index is 12.0. The molecule has 4 nitrogen and oxygen atoms in total. The van der Waals surface area contributed by atoms with E-state index in [9.17, 15) is 10.0 Å². The van der Waals surface area contributed by atoms with Gasteiger partial charge in [0.2, 0.25) is 0 Å². The van der Waals surface area contributed by atoms with Gasteiger partial charge in [0.15, 0.2) is 0 Å². The first-order chi connectivity index (χ1) is 9.50. The molecule has 1 saturated carbocycles. The Kier molecular flexibility index (Phi) is 4.89. The monoisotopic (exact) mass is 278 g/mol. The Labute approximate surface area is 120 Å². The summed E-state index contributed by atoms with van der Waals surface area (Å²) in [6.45, 7) is 3.93. The lowest BCUT2D eigenvalue weighted by Crippen LogP contribution is -2.41. The fourth-order valence-electron chi connectivity index (χ4n) is 2.92. The molecule has 1 aliphatic carbocycles. The van der Waals surface area contributed by atoms with Crippen LogP contribution in [0.4, 0.5) is 5.69 Å².